The molecular formula is C19H28O3S. The van der Waals surface area contributed by atoms with Crippen molar-refractivity contribution in [3.63, 3.8) is 0 Å². The number of hydrogen-bond donors (Lipinski definition) is 1. The summed E-state index contributed by atoms with van der Waals surface area (Å²) in [5.74, 6) is 0. The van der Waals surface area contributed by atoms with E-state index >= 15 is 0 Å². The first kappa shape index (κ1) is 17.0. The van der Waals surface area contributed by atoms with Gasteiger partial charge >= 0.3 is 0 Å². The largest absolute Gasteiger partial charge is 0.385 e. The highest BCUT2D eigenvalue weighted by molar-refractivity contribution is 7.92. The fraction of sp³-hybridized carbons (Fsp3) is 0.684. The molecule has 2 fully saturated rings. The molecule has 2 bridgehead atoms. The molecule has 2 unspecified atom stereocenters. The van der Waals surface area contributed by atoms with Crippen LogP contribution in [0.25, 0.3) is 0 Å². The molecule has 0 spiro atoms. The number of sulfone groups is 1. The molecule has 0 saturated carbocycles. The van der Waals surface area contributed by atoms with Gasteiger partial charge in [0.25, 0.3) is 0 Å². The van der Waals surface area contributed by atoms with Gasteiger partial charge in [0.05, 0.1) is 16.1 Å². The molecular weight excluding hydrogens is 308 g/mol. The van der Waals surface area contributed by atoms with E-state index < -0.39 is 15.4 Å². The molecule has 2 aliphatic heterocycles. The van der Waals surface area contributed by atoms with Crippen molar-refractivity contribution >= 4 is 9.84 Å². The monoisotopic (exact) mass is 336 g/mol. The summed E-state index contributed by atoms with van der Waals surface area (Å²) in [6.45, 7) is 6.31. The Hall–Kier alpha value is -0.870. The lowest BCUT2D eigenvalue weighted by molar-refractivity contribution is 0.00349. The summed E-state index contributed by atoms with van der Waals surface area (Å²) in [7, 11) is -3.05. The lowest BCUT2D eigenvalue weighted by Crippen LogP contribution is -2.50. The molecule has 0 aliphatic carbocycles. The Kier molecular flexibility index (Phi) is 4.35. The third-order valence-corrected chi connectivity index (χ3v) is 8.45. The van der Waals surface area contributed by atoms with Crippen molar-refractivity contribution in [3.8, 4) is 0 Å². The van der Waals surface area contributed by atoms with Crippen molar-refractivity contribution in [1.29, 1.82) is 0 Å². The summed E-state index contributed by atoms with van der Waals surface area (Å²) >= 11 is 0. The fourth-order valence-corrected chi connectivity index (χ4v) is 7.30. The smallest absolute Gasteiger partial charge is 0.156 e. The summed E-state index contributed by atoms with van der Waals surface area (Å²) in [4.78, 5) is 0. The van der Waals surface area contributed by atoms with E-state index in [0.29, 0.717) is 25.7 Å². The van der Waals surface area contributed by atoms with Gasteiger partial charge in [0.15, 0.2) is 9.84 Å². The summed E-state index contributed by atoms with van der Waals surface area (Å²) < 4.78 is 25.1. The molecule has 0 aromatic heterocycles. The zero-order chi connectivity index (χ0) is 16.8. The standard InChI is InChI=1S/C19H28O3S/c1-4-14-9-13(3)10-15(5-2)18(14)19(20)11-16-7-6-8-17(12-19)23(16,21)22/h9-10,16-17,20H,4-8,11-12H2,1-3H3. The van der Waals surface area contributed by atoms with Gasteiger partial charge in [-0.05, 0) is 62.1 Å². The van der Waals surface area contributed by atoms with Crippen LogP contribution in [0.5, 0.6) is 0 Å². The van der Waals surface area contributed by atoms with Crippen LogP contribution in [0.4, 0.5) is 0 Å². The average Bonchev–Trinajstić information content (AvgIpc) is 2.47. The van der Waals surface area contributed by atoms with Crippen molar-refractivity contribution in [2.24, 2.45) is 0 Å². The van der Waals surface area contributed by atoms with E-state index in [1.807, 2.05) is 0 Å². The predicted molar refractivity (Wildman–Crippen MR) is 93.4 cm³/mol. The molecule has 0 radical (unpaired) electrons. The summed E-state index contributed by atoms with van der Waals surface area (Å²) in [5, 5.41) is 10.8. The lowest BCUT2D eigenvalue weighted by atomic mass is 9.75. The zero-order valence-corrected chi connectivity index (χ0v) is 15.2. The molecule has 1 aromatic carbocycles. The number of aliphatic hydroxyl groups is 1. The van der Waals surface area contributed by atoms with Crippen molar-refractivity contribution in [2.75, 3.05) is 0 Å². The quantitative estimate of drug-likeness (QED) is 0.920. The van der Waals surface area contributed by atoms with Gasteiger partial charge in [-0.2, -0.15) is 0 Å². The van der Waals surface area contributed by atoms with E-state index in [-0.39, 0.29) is 10.5 Å². The van der Waals surface area contributed by atoms with Gasteiger partial charge in [0.2, 0.25) is 0 Å². The average molecular weight is 336 g/mol. The summed E-state index contributed by atoms with van der Waals surface area (Å²) in [6.07, 6.45) is 4.86. The maximum Gasteiger partial charge on any atom is 0.156 e. The number of rotatable bonds is 3. The maximum atomic E-state index is 12.6. The second-order valence-electron chi connectivity index (χ2n) is 7.37. The van der Waals surface area contributed by atoms with E-state index in [2.05, 4.69) is 32.9 Å². The third-order valence-electron chi connectivity index (χ3n) is 5.79. The highest BCUT2D eigenvalue weighted by Gasteiger charge is 2.51. The van der Waals surface area contributed by atoms with Crippen LogP contribution in [-0.2, 0) is 28.3 Å². The number of fused-ring (bicyclic) bond motifs is 2. The highest BCUT2D eigenvalue weighted by Crippen LogP contribution is 2.48. The van der Waals surface area contributed by atoms with E-state index in [9.17, 15) is 13.5 Å². The Morgan fingerprint density at radius 2 is 1.57 bits per heavy atom. The van der Waals surface area contributed by atoms with Crippen molar-refractivity contribution in [1.82, 2.24) is 0 Å². The molecule has 128 valence electrons. The Bertz CT molecular complexity index is 660. The molecule has 0 amide bonds. The molecule has 2 atom stereocenters. The molecule has 2 saturated heterocycles. The Labute approximate surface area is 140 Å². The van der Waals surface area contributed by atoms with Crippen LogP contribution in [0.1, 0.15) is 68.2 Å². The van der Waals surface area contributed by atoms with E-state index in [1.165, 1.54) is 16.7 Å². The first-order valence-electron chi connectivity index (χ1n) is 8.89. The lowest BCUT2D eigenvalue weighted by Gasteiger charge is -2.45. The highest BCUT2D eigenvalue weighted by atomic mass is 32.2. The van der Waals surface area contributed by atoms with E-state index in [1.54, 1.807) is 0 Å². The third kappa shape index (κ3) is 2.74. The van der Waals surface area contributed by atoms with Gasteiger partial charge in [-0.25, -0.2) is 8.42 Å². The Morgan fingerprint density at radius 1 is 1.09 bits per heavy atom. The van der Waals surface area contributed by atoms with Gasteiger partial charge in [-0.15, -0.1) is 0 Å². The molecule has 1 aromatic rings. The first-order chi connectivity index (χ1) is 10.8. The van der Waals surface area contributed by atoms with Crippen LogP contribution in [0.2, 0.25) is 0 Å². The Balaban J connectivity index is 2.12. The maximum absolute atomic E-state index is 12.6. The van der Waals surface area contributed by atoms with E-state index in [4.69, 9.17) is 0 Å². The first-order valence-corrected chi connectivity index (χ1v) is 10.5. The minimum atomic E-state index is -3.05. The molecule has 4 heteroatoms. The fourth-order valence-electron chi connectivity index (χ4n) is 4.75. The molecule has 2 aliphatic rings. The van der Waals surface area contributed by atoms with Gasteiger partial charge in [-0.3, -0.25) is 0 Å². The molecule has 23 heavy (non-hydrogen) atoms. The topological polar surface area (TPSA) is 54.4 Å². The second kappa shape index (κ2) is 5.89. The summed E-state index contributed by atoms with van der Waals surface area (Å²) in [6, 6.07) is 4.32. The molecule has 3 rings (SSSR count). The SMILES string of the molecule is CCc1cc(C)cc(CC)c1C1(O)CC2CCCC(C1)S2(=O)=O. The van der Waals surface area contributed by atoms with Crippen molar-refractivity contribution < 1.29 is 13.5 Å². The summed E-state index contributed by atoms with van der Waals surface area (Å²) in [5.41, 5.74) is 3.63. The van der Waals surface area contributed by atoms with Crippen LogP contribution < -0.4 is 0 Å². The van der Waals surface area contributed by atoms with Crippen LogP contribution in [0.15, 0.2) is 12.1 Å². The van der Waals surface area contributed by atoms with E-state index in [0.717, 1.165) is 24.8 Å². The van der Waals surface area contributed by atoms with Gasteiger partial charge in [0.1, 0.15) is 0 Å². The van der Waals surface area contributed by atoms with Gasteiger partial charge in [0, 0.05) is 0 Å². The minimum Gasteiger partial charge on any atom is -0.385 e. The number of hydrogen-bond acceptors (Lipinski definition) is 3. The van der Waals surface area contributed by atoms with Gasteiger partial charge < -0.3 is 5.11 Å². The van der Waals surface area contributed by atoms with Gasteiger partial charge in [-0.1, -0.05) is 38.0 Å². The zero-order valence-electron chi connectivity index (χ0n) is 14.4. The number of benzene rings is 1. The van der Waals surface area contributed by atoms with Crippen LogP contribution >= 0.6 is 0 Å². The minimum absolute atomic E-state index is 0.365. The Morgan fingerprint density at radius 3 is 2.00 bits per heavy atom. The molecule has 1 N–H and O–H groups in total. The van der Waals surface area contributed by atoms with Crippen LogP contribution in [0.3, 0.4) is 0 Å². The predicted octanol–water partition coefficient (Wildman–Crippen LogP) is 3.44. The van der Waals surface area contributed by atoms with Crippen LogP contribution in [0, 0.1) is 6.92 Å². The van der Waals surface area contributed by atoms with Crippen molar-refractivity contribution in [2.45, 2.75) is 81.8 Å². The normalized spacial score (nSPS) is 32.7. The van der Waals surface area contributed by atoms with Crippen LogP contribution in [-0.4, -0.2) is 24.0 Å². The van der Waals surface area contributed by atoms with Crippen molar-refractivity contribution in [3.05, 3.63) is 34.4 Å². The number of aryl methyl sites for hydroxylation is 3. The second-order valence-corrected chi connectivity index (χ2v) is 9.88. The molecule has 3 nitrogen and oxygen atoms in total. The molecule has 2 heterocycles.